The highest BCUT2D eigenvalue weighted by Crippen LogP contribution is 2.45. The summed E-state index contributed by atoms with van der Waals surface area (Å²) in [6.45, 7) is 5.41. The average molecular weight is 530 g/mol. The smallest absolute Gasteiger partial charge is 0.219 e. The number of nitrogens with zero attached hydrogens (tertiary/aromatic N) is 1. The van der Waals surface area contributed by atoms with Crippen LogP contribution in [0.1, 0.15) is 43.7 Å². The first kappa shape index (κ1) is 26.7. The van der Waals surface area contributed by atoms with E-state index in [0.717, 1.165) is 68.2 Å². The fraction of sp³-hybridized carbons (Fsp3) is 0.464. The molecule has 0 saturated carbocycles. The minimum Gasteiger partial charge on any atom is -0.490 e. The molecule has 3 unspecified atom stereocenters. The Kier molecular flexibility index (Phi) is 9.09. The number of hydrogen-bond acceptors (Lipinski definition) is 5. The quantitative estimate of drug-likeness (QED) is 0.324. The summed E-state index contributed by atoms with van der Waals surface area (Å²) in [4.78, 5) is 13.9. The number of hydrogen-bond donors (Lipinski definition) is 2. The van der Waals surface area contributed by atoms with Gasteiger partial charge in [0.2, 0.25) is 6.41 Å². The van der Waals surface area contributed by atoms with Gasteiger partial charge < -0.3 is 15.0 Å². The molecular weight excluding hydrogens is 494 g/mol. The Morgan fingerprint density at radius 1 is 1.25 bits per heavy atom. The molecule has 0 radical (unpaired) electrons. The maximum absolute atomic E-state index is 12.5. The Labute approximate surface area is 222 Å². The van der Waals surface area contributed by atoms with Crippen LogP contribution in [0.4, 0.5) is 5.69 Å². The predicted molar refractivity (Wildman–Crippen MR) is 147 cm³/mol. The fourth-order valence-electron chi connectivity index (χ4n) is 5.43. The Bertz CT molecular complexity index is 1130. The second-order valence-electron chi connectivity index (χ2n) is 9.75. The number of halogens is 1. The number of ether oxygens (including phenoxy) is 1. The van der Waals surface area contributed by atoms with Crippen LogP contribution in [0.3, 0.4) is 0 Å². The number of nitrogens with one attached hydrogen (secondary N) is 2. The second kappa shape index (κ2) is 12.3. The van der Waals surface area contributed by atoms with Crippen LogP contribution < -0.4 is 19.7 Å². The molecule has 2 aromatic carbocycles. The van der Waals surface area contributed by atoms with Gasteiger partial charge in [-0.1, -0.05) is 43.2 Å². The van der Waals surface area contributed by atoms with E-state index >= 15 is 0 Å². The molecular formula is C28H36ClN3O3S. The van der Waals surface area contributed by atoms with Crippen molar-refractivity contribution in [1.82, 2.24) is 10.0 Å². The van der Waals surface area contributed by atoms with Crippen LogP contribution in [0.2, 0.25) is 5.02 Å². The second-order valence-corrected chi connectivity index (χ2v) is 11.4. The number of aryl methyl sites for hydroxylation is 1. The molecule has 0 saturated heterocycles. The Morgan fingerprint density at radius 3 is 2.89 bits per heavy atom. The highest BCUT2D eigenvalue weighted by molar-refractivity contribution is 7.83. The lowest BCUT2D eigenvalue weighted by molar-refractivity contribution is -0.108. The van der Waals surface area contributed by atoms with Gasteiger partial charge in [-0.2, -0.15) is 0 Å². The maximum Gasteiger partial charge on any atom is 0.219 e. The van der Waals surface area contributed by atoms with E-state index in [1.54, 1.807) is 6.07 Å². The molecule has 0 aromatic heterocycles. The van der Waals surface area contributed by atoms with Crippen LogP contribution in [0.25, 0.3) is 0 Å². The van der Waals surface area contributed by atoms with Gasteiger partial charge in [-0.25, -0.2) is 4.21 Å². The van der Waals surface area contributed by atoms with Gasteiger partial charge in [-0.05, 0) is 80.1 Å². The normalized spacial score (nSPS) is 20.5. The van der Waals surface area contributed by atoms with E-state index in [-0.39, 0.29) is 5.41 Å². The van der Waals surface area contributed by atoms with E-state index in [2.05, 4.69) is 46.1 Å². The van der Waals surface area contributed by atoms with Gasteiger partial charge in [0, 0.05) is 30.1 Å². The summed E-state index contributed by atoms with van der Waals surface area (Å²) in [6.07, 6.45) is 10.1. The summed E-state index contributed by atoms with van der Waals surface area (Å²) in [5.41, 5.74) is 3.43. The topological polar surface area (TPSA) is 70.7 Å². The summed E-state index contributed by atoms with van der Waals surface area (Å²) in [7, 11) is 0.354. The first-order valence-electron chi connectivity index (χ1n) is 12.7. The summed E-state index contributed by atoms with van der Waals surface area (Å²) in [5, 5.41) is 3.93. The van der Waals surface area contributed by atoms with Crippen molar-refractivity contribution in [2.45, 2.75) is 49.3 Å². The van der Waals surface area contributed by atoms with Crippen LogP contribution in [-0.2, 0) is 27.6 Å². The van der Waals surface area contributed by atoms with Crippen molar-refractivity contribution in [3.05, 3.63) is 64.7 Å². The zero-order valence-electron chi connectivity index (χ0n) is 21.1. The van der Waals surface area contributed by atoms with Gasteiger partial charge in [0.1, 0.15) is 5.75 Å². The molecule has 3 atom stereocenters. The van der Waals surface area contributed by atoms with Crippen molar-refractivity contribution < 1.29 is 13.7 Å². The number of rotatable bonds is 11. The van der Waals surface area contributed by atoms with Crippen molar-refractivity contribution in [2.24, 2.45) is 5.92 Å². The zero-order valence-corrected chi connectivity index (χ0v) is 22.7. The largest absolute Gasteiger partial charge is 0.490 e. The summed E-state index contributed by atoms with van der Waals surface area (Å²) >= 11 is 6.31. The Hall–Kier alpha value is -2.35. The van der Waals surface area contributed by atoms with Crippen molar-refractivity contribution in [3.63, 3.8) is 0 Å². The molecule has 2 N–H and O–H groups in total. The van der Waals surface area contributed by atoms with Gasteiger partial charge in [-0.15, -0.1) is 0 Å². The summed E-state index contributed by atoms with van der Waals surface area (Å²) in [6, 6.07) is 11.8. The number of likely N-dealkylation sites (N-methyl/N-ethyl adjacent to an activating group) is 1. The van der Waals surface area contributed by atoms with Crippen LogP contribution in [0.15, 0.2) is 53.4 Å². The molecule has 4 rings (SSSR count). The number of carbonyl (C=O) groups is 1. The van der Waals surface area contributed by atoms with Crippen LogP contribution >= 0.6 is 11.6 Å². The van der Waals surface area contributed by atoms with Crippen molar-refractivity contribution >= 4 is 34.7 Å². The molecule has 1 aliphatic carbocycles. The van der Waals surface area contributed by atoms with Gasteiger partial charge in [0.15, 0.2) is 11.0 Å². The molecule has 2 aromatic rings. The third-order valence-corrected chi connectivity index (χ3v) is 8.72. The highest BCUT2D eigenvalue weighted by atomic mass is 35.5. The van der Waals surface area contributed by atoms with E-state index in [9.17, 15) is 9.00 Å². The maximum atomic E-state index is 12.5. The van der Waals surface area contributed by atoms with E-state index in [1.165, 1.54) is 11.1 Å². The Morgan fingerprint density at radius 2 is 2.11 bits per heavy atom. The molecule has 1 spiro atoms. The molecule has 6 nitrogen and oxygen atoms in total. The number of benzene rings is 2. The standard InChI is InChI=1S/C28H36ClN3O3S/c1-3-21(6-4-5-14-30-2)12-15-32-18-28(13-11-22-16-23(29)7-9-25(22)28)19-35-27-10-8-24(17-26(27)32)36(34)31-20-33/h4-5,7-10,16-17,20-21,30H,3,6,11-15,18-19H2,1-2H3,(H,31,33)/b5-4-. The third kappa shape index (κ3) is 5.96. The van der Waals surface area contributed by atoms with Crippen molar-refractivity contribution in [1.29, 1.82) is 0 Å². The lowest BCUT2D eigenvalue weighted by Crippen LogP contribution is -2.42. The van der Waals surface area contributed by atoms with E-state index < -0.39 is 11.0 Å². The van der Waals surface area contributed by atoms with E-state index in [4.69, 9.17) is 16.3 Å². The lowest BCUT2D eigenvalue weighted by Gasteiger charge is -2.34. The monoisotopic (exact) mass is 529 g/mol. The summed E-state index contributed by atoms with van der Waals surface area (Å²) < 4.78 is 21.3. The predicted octanol–water partition coefficient (Wildman–Crippen LogP) is 4.77. The van der Waals surface area contributed by atoms with E-state index in [1.807, 2.05) is 25.2 Å². The third-order valence-electron chi connectivity index (χ3n) is 7.49. The molecule has 0 fully saturated rings. The highest BCUT2D eigenvalue weighted by Gasteiger charge is 2.43. The van der Waals surface area contributed by atoms with Gasteiger partial charge >= 0.3 is 0 Å². The van der Waals surface area contributed by atoms with Crippen molar-refractivity contribution in [3.8, 4) is 5.75 Å². The molecule has 2 aliphatic rings. The van der Waals surface area contributed by atoms with Crippen LogP contribution in [-0.4, -0.2) is 43.9 Å². The molecule has 1 amide bonds. The molecule has 1 heterocycles. The number of carbonyl (C=O) groups excluding carboxylic acids is 1. The number of allylic oxidation sites excluding steroid dienone is 1. The van der Waals surface area contributed by atoms with E-state index in [0.29, 0.717) is 23.8 Å². The van der Waals surface area contributed by atoms with Crippen LogP contribution in [0, 0.1) is 5.92 Å². The van der Waals surface area contributed by atoms with Gasteiger partial charge in [0.25, 0.3) is 0 Å². The number of fused-ring (bicyclic) bond motifs is 3. The number of amides is 1. The first-order valence-corrected chi connectivity index (χ1v) is 14.2. The molecule has 0 bridgehead atoms. The van der Waals surface area contributed by atoms with Gasteiger partial charge in [0.05, 0.1) is 17.2 Å². The fourth-order valence-corrected chi connectivity index (χ4v) is 6.26. The number of anilines is 1. The zero-order chi connectivity index (χ0) is 25.5. The minimum atomic E-state index is -1.60. The molecule has 194 valence electrons. The average Bonchev–Trinajstić information content (AvgIpc) is 3.14. The minimum absolute atomic E-state index is 0.131. The molecule has 8 heteroatoms. The SMILES string of the molecule is CCC(C/C=C\CNC)CCN1CC2(CCc3cc(Cl)ccc32)COc2ccc(S(=O)NC=O)cc21. The Balaban J connectivity index is 1.64. The van der Waals surface area contributed by atoms with Gasteiger partial charge in [-0.3, -0.25) is 9.52 Å². The van der Waals surface area contributed by atoms with Crippen LogP contribution in [0.5, 0.6) is 5.75 Å². The molecule has 36 heavy (non-hydrogen) atoms. The molecule has 1 aliphatic heterocycles. The lowest BCUT2D eigenvalue weighted by atomic mass is 9.82. The summed E-state index contributed by atoms with van der Waals surface area (Å²) in [5.74, 6) is 1.37. The van der Waals surface area contributed by atoms with Crippen molar-refractivity contribution in [2.75, 3.05) is 38.2 Å². The first-order chi connectivity index (χ1) is 17.5.